The zero-order chi connectivity index (χ0) is 10.0. The average molecular weight is 238 g/mol. The lowest BCUT2D eigenvalue weighted by atomic mass is 10.2. The van der Waals surface area contributed by atoms with Gasteiger partial charge in [0.25, 0.3) is 0 Å². The number of hydrogen-bond donors (Lipinski definition) is 1. The summed E-state index contributed by atoms with van der Waals surface area (Å²) in [4.78, 5) is 0. The Morgan fingerprint density at radius 1 is 1.46 bits per heavy atom. The monoisotopic (exact) mass is 237 g/mol. The van der Waals surface area contributed by atoms with Crippen molar-refractivity contribution in [1.82, 2.24) is 0 Å². The van der Waals surface area contributed by atoms with Gasteiger partial charge in [-0.05, 0) is 17.7 Å². The van der Waals surface area contributed by atoms with Gasteiger partial charge in [0, 0.05) is 22.1 Å². The van der Waals surface area contributed by atoms with E-state index in [1.165, 1.54) is 0 Å². The highest BCUT2D eigenvalue weighted by Gasteiger charge is 2.06. The van der Waals surface area contributed by atoms with Gasteiger partial charge in [-0.3, -0.25) is 4.21 Å². The first-order chi connectivity index (χ1) is 6.00. The lowest BCUT2D eigenvalue weighted by molar-refractivity contribution is 0.686. The highest BCUT2D eigenvalue weighted by Crippen LogP contribution is 2.28. The molecule has 2 N–H and O–H groups in total. The van der Waals surface area contributed by atoms with Crippen LogP contribution in [0.1, 0.15) is 5.56 Å². The lowest BCUT2D eigenvalue weighted by Crippen LogP contribution is -1.99. The van der Waals surface area contributed by atoms with Gasteiger partial charge < -0.3 is 5.73 Å². The zero-order valence-corrected chi connectivity index (χ0v) is 9.34. The maximum atomic E-state index is 11.0. The molecule has 0 heterocycles. The van der Waals surface area contributed by atoms with Gasteiger partial charge in [0.15, 0.2) is 0 Å². The number of anilines is 1. The molecule has 5 heteroatoms. The maximum absolute atomic E-state index is 11.0. The lowest BCUT2D eigenvalue weighted by Gasteiger charge is -2.06. The minimum atomic E-state index is -0.941. The third-order valence-corrected chi connectivity index (χ3v) is 2.79. The number of nitrogens with two attached hydrogens (primary N) is 1. The molecular weight excluding hydrogens is 229 g/mol. The number of rotatable bonds is 2. The number of hydrogen-bond acceptors (Lipinski definition) is 2. The van der Waals surface area contributed by atoms with Crippen LogP contribution in [0.3, 0.4) is 0 Å². The van der Waals surface area contributed by atoms with Crippen LogP contribution in [0.15, 0.2) is 12.1 Å². The van der Waals surface area contributed by atoms with Crippen LogP contribution >= 0.6 is 23.2 Å². The second-order valence-corrected chi connectivity index (χ2v) is 4.96. The summed E-state index contributed by atoms with van der Waals surface area (Å²) in [5.74, 6) is 0.381. The van der Waals surface area contributed by atoms with Crippen LogP contribution in [0, 0.1) is 0 Å². The first-order valence-electron chi connectivity index (χ1n) is 3.54. The van der Waals surface area contributed by atoms with Gasteiger partial charge >= 0.3 is 0 Å². The summed E-state index contributed by atoms with van der Waals surface area (Å²) in [5.41, 5.74) is 6.87. The second kappa shape index (κ2) is 4.31. The van der Waals surface area contributed by atoms with Crippen molar-refractivity contribution in [2.45, 2.75) is 5.75 Å². The Bertz CT molecular complexity index is 354. The van der Waals surface area contributed by atoms with Gasteiger partial charge in [-0.2, -0.15) is 0 Å². The molecule has 0 aromatic heterocycles. The van der Waals surface area contributed by atoms with E-state index in [0.29, 0.717) is 21.5 Å². The molecule has 1 atom stereocenters. The summed E-state index contributed by atoms with van der Waals surface area (Å²) in [6.45, 7) is 0. The van der Waals surface area contributed by atoms with E-state index >= 15 is 0 Å². The Kier molecular flexibility index (Phi) is 3.59. The summed E-state index contributed by atoms with van der Waals surface area (Å²) in [6, 6.07) is 3.25. The van der Waals surface area contributed by atoms with Crippen LogP contribution in [0.4, 0.5) is 5.69 Å². The van der Waals surface area contributed by atoms with Gasteiger partial charge in [0.05, 0.1) is 16.5 Å². The van der Waals surface area contributed by atoms with E-state index in [9.17, 15) is 4.21 Å². The summed E-state index contributed by atoms with van der Waals surface area (Å²) in [6.07, 6.45) is 1.61. The molecular formula is C8H9Cl2NOS. The number of halogens is 2. The Hall–Kier alpha value is -0.250. The van der Waals surface area contributed by atoms with Gasteiger partial charge in [-0.25, -0.2) is 0 Å². The summed E-state index contributed by atoms with van der Waals surface area (Å²) in [5, 5.41) is 0.924. The molecule has 1 rings (SSSR count). The molecule has 0 spiro atoms. The van der Waals surface area contributed by atoms with Crippen molar-refractivity contribution < 1.29 is 4.21 Å². The van der Waals surface area contributed by atoms with E-state index in [1.54, 1.807) is 18.4 Å². The van der Waals surface area contributed by atoms with E-state index in [-0.39, 0.29) is 0 Å². The van der Waals surface area contributed by atoms with Crippen LogP contribution in [-0.2, 0) is 16.6 Å². The second-order valence-electron chi connectivity index (χ2n) is 2.68. The minimum absolute atomic E-state index is 0.381. The van der Waals surface area contributed by atoms with Gasteiger partial charge in [-0.15, -0.1) is 0 Å². The van der Waals surface area contributed by atoms with Gasteiger partial charge in [-0.1, -0.05) is 23.2 Å². The van der Waals surface area contributed by atoms with Gasteiger partial charge in [0.1, 0.15) is 0 Å². The number of nitrogen functional groups attached to an aromatic ring is 1. The quantitative estimate of drug-likeness (QED) is 0.804. The smallest absolute Gasteiger partial charge is 0.0653 e. The van der Waals surface area contributed by atoms with Crippen molar-refractivity contribution in [3.05, 3.63) is 27.7 Å². The van der Waals surface area contributed by atoms with E-state index < -0.39 is 10.8 Å². The van der Waals surface area contributed by atoms with Crippen molar-refractivity contribution in [3.8, 4) is 0 Å². The molecule has 0 aliphatic rings. The Morgan fingerprint density at radius 2 is 2.08 bits per heavy atom. The van der Waals surface area contributed by atoms with Crippen molar-refractivity contribution in [2.24, 2.45) is 0 Å². The van der Waals surface area contributed by atoms with Crippen molar-refractivity contribution in [2.75, 3.05) is 12.0 Å². The molecule has 1 aromatic carbocycles. The summed E-state index contributed by atoms with van der Waals surface area (Å²) < 4.78 is 11.0. The Balaban J connectivity index is 3.12. The van der Waals surface area contributed by atoms with Crippen molar-refractivity contribution >= 4 is 39.7 Å². The highest BCUT2D eigenvalue weighted by molar-refractivity contribution is 7.83. The third-order valence-electron chi connectivity index (χ3n) is 1.54. The fraction of sp³-hybridized carbons (Fsp3) is 0.250. The Morgan fingerprint density at radius 3 is 2.62 bits per heavy atom. The van der Waals surface area contributed by atoms with Crippen molar-refractivity contribution in [1.29, 1.82) is 0 Å². The predicted molar refractivity (Wildman–Crippen MR) is 58.6 cm³/mol. The minimum Gasteiger partial charge on any atom is -0.397 e. The molecule has 0 radical (unpaired) electrons. The SMILES string of the molecule is CS(=O)Cc1cc(Cl)cc(Cl)c1N. The molecule has 1 unspecified atom stereocenters. The molecule has 0 bridgehead atoms. The van der Waals surface area contributed by atoms with Crippen LogP contribution < -0.4 is 5.73 Å². The standard InChI is InChI=1S/C8H9Cl2NOS/c1-13(12)4-5-2-6(9)3-7(10)8(5)11/h2-3H,4,11H2,1H3. The zero-order valence-electron chi connectivity index (χ0n) is 7.01. The van der Waals surface area contributed by atoms with E-state index in [0.717, 1.165) is 5.56 Å². The topological polar surface area (TPSA) is 43.1 Å². The fourth-order valence-corrected chi connectivity index (χ4v) is 2.19. The molecule has 72 valence electrons. The molecule has 0 aliphatic heterocycles. The molecule has 1 aromatic rings. The molecule has 0 fully saturated rings. The highest BCUT2D eigenvalue weighted by atomic mass is 35.5. The van der Waals surface area contributed by atoms with Crippen LogP contribution in [0.2, 0.25) is 10.0 Å². The fourth-order valence-electron chi connectivity index (χ4n) is 0.976. The van der Waals surface area contributed by atoms with Crippen LogP contribution in [0.5, 0.6) is 0 Å². The average Bonchev–Trinajstić information content (AvgIpc) is 1.98. The Labute approximate surface area is 89.5 Å². The molecule has 0 saturated heterocycles. The van der Waals surface area contributed by atoms with Crippen LogP contribution in [0.25, 0.3) is 0 Å². The predicted octanol–water partition coefficient (Wildman–Crippen LogP) is 2.45. The van der Waals surface area contributed by atoms with Crippen LogP contribution in [-0.4, -0.2) is 10.5 Å². The van der Waals surface area contributed by atoms with E-state index in [1.807, 2.05) is 0 Å². The first kappa shape index (κ1) is 10.8. The summed E-state index contributed by atoms with van der Waals surface area (Å²) in [7, 11) is -0.941. The largest absolute Gasteiger partial charge is 0.397 e. The molecule has 13 heavy (non-hydrogen) atoms. The van der Waals surface area contributed by atoms with Crippen molar-refractivity contribution in [3.63, 3.8) is 0 Å². The van der Waals surface area contributed by atoms with E-state index in [2.05, 4.69) is 0 Å². The first-order valence-corrected chi connectivity index (χ1v) is 6.02. The van der Waals surface area contributed by atoms with Gasteiger partial charge in [0.2, 0.25) is 0 Å². The molecule has 0 amide bonds. The number of benzene rings is 1. The molecule has 0 aliphatic carbocycles. The maximum Gasteiger partial charge on any atom is 0.0653 e. The molecule has 0 saturated carbocycles. The normalized spacial score (nSPS) is 12.8. The third kappa shape index (κ3) is 2.86. The molecule has 2 nitrogen and oxygen atoms in total. The summed E-state index contributed by atoms with van der Waals surface area (Å²) >= 11 is 11.6. The van der Waals surface area contributed by atoms with E-state index in [4.69, 9.17) is 28.9 Å².